The molecule has 1 aliphatic heterocycles. The molecule has 0 saturated carbocycles. The van der Waals surface area contributed by atoms with Gasteiger partial charge >= 0.3 is 0 Å². The molecule has 1 amide bonds. The molecule has 1 aliphatic rings. The number of benzene rings is 2. The fourth-order valence-corrected chi connectivity index (χ4v) is 3.66. The third-order valence-corrected chi connectivity index (χ3v) is 5.30. The van der Waals surface area contributed by atoms with E-state index in [0.29, 0.717) is 12.5 Å². The van der Waals surface area contributed by atoms with E-state index in [1.807, 2.05) is 0 Å². The summed E-state index contributed by atoms with van der Waals surface area (Å²) in [7, 11) is 0. The largest absolute Gasteiger partial charge is 0.385 e. The predicted molar refractivity (Wildman–Crippen MR) is 113 cm³/mol. The molecule has 144 valence electrons. The van der Waals surface area contributed by atoms with Crippen LogP contribution in [-0.2, 0) is 11.3 Å². The second-order valence-corrected chi connectivity index (χ2v) is 7.39. The van der Waals surface area contributed by atoms with Crippen molar-refractivity contribution in [3.05, 3.63) is 59.7 Å². The molecule has 2 N–H and O–H groups in total. The Kier molecular flexibility index (Phi) is 6.74. The predicted octanol–water partition coefficient (Wildman–Crippen LogP) is 4.53. The maximum absolute atomic E-state index is 11.0. The highest BCUT2D eigenvalue weighted by Gasteiger charge is 2.20. The lowest BCUT2D eigenvalue weighted by molar-refractivity contribution is -0.119. The second-order valence-electron chi connectivity index (χ2n) is 7.39. The molecule has 0 aliphatic carbocycles. The molecule has 1 fully saturated rings. The van der Waals surface area contributed by atoms with E-state index in [-0.39, 0.29) is 5.91 Å². The first kappa shape index (κ1) is 19.3. The van der Waals surface area contributed by atoms with E-state index in [1.54, 1.807) is 6.92 Å². The third-order valence-electron chi connectivity index (χ3n) is 5.30. The zero-order valence-corrected chi connectivity index (χ0v) is 16.5. The van der Waals surface area contributed by atoms with Crippen molar-refractivity contribution < 1.29 is 4.79 Å². The van der Waals surface area contributed by atoms with Crippen LogP contribution in [0.15, 0.2) is 48.5 Å². The molecule has 4 heteroatoms. The molecule has 2 aromatic carbocycles. The van der Waals surface area contributed by atoms with Crippen LogP contribution in [0.3, 0.4) is 0 Å². The molecule has 0 bridgehead atoms. The Morgan fingerprint density at radius 3 is 2.30 bits per heavy atom. The quantitative estimate of drug-likeness (QED) is 0.758. The molecule has 27 heavy (non-hydrogen) atoms. The van der Waals surface area contributed by atoms with Gasteiger partial charge in [0.15, 0.2) is 0 Å². The first-order chi connectivity index (χ1) is 13.2. The summed E-state index contributed by atoms with van der Waals surface area (Å²) in [4.78, 5) is 13.5. The Morgan fingerprint density at radius 2 is 1.70 bits per heavy atom. The average Bonchev–Trinajstić information content (AvgIpc) is 2.72. The van der Waals surface area contributed by atoms with Crippen LogP contribution < -0.4 is 15.5 Å². The van der Waals surface area contributed by atoms with Gasteiger partial charge in [0.05, 0.1) is 0 Å². The average molecular weight is 366 g/mol. The Morgan fingerprint density at radius 1 is 1.04 bits per heavy atom. The molecule has 0 aromatic heterocycles. The summed E-state index contributed by atoms with van der Waals surface area (Å²) in [5.41, 5.74) is 5.10. The smallest absolute Gasteiger partial charge is 0.217 e. The number of hydrogen-bond acceptors (Lipinski definition) is 3. The fraction of sp³-hybridized carbons (Fsp3) is 0.435. The first-order valence-corrected chi connectivity index (χ1v) is 10.1. The maximum Gasteiger partial charge on any atom is 0.217 e. The van der Waals surface area contributed by atoms with Gasteiger partial charge in [-0.05, 0) is 60.6 Å². The summed E-state index contributed by atoms with van der Waals surface area (Å²) >= 11 is 0. The summed E-state index contributed by atoms with van der Waals surface area (Å²) in [6, 6.07) is 17.6. The molecular weight excluding hydrogens is 334 g/mol. The highest BCUT2D eigenvalue weighted by atomic mass is 16.1. The first-order valence-electron chi connectivity index (χ1n) is 10.1. The van der Waals surface area contributed by atoms with Crippen molar-refractivity contribution in [1.82, 2.24) is 5.32 Å². The number of carbonyl (C=O) groups is 1. The lowest BCUT2D eigenvalue weighted by Crippen LogP contribution is -2.32. The van der Waals surface area contributed by atoms with Crippen molar-refractivity contribution in [3.63, 3.8) is 0 Å². The summed E-state index contributed by atoms with van der Waals surface area (Å²) in [6.07, 6.45) is 3.51. The highest BCUT2D eigenvalue weighted by Crippen LogP contribution is 2.31. The zero-order valence-electron chi connectivity index (χ0n) is 16.5. The minimum atomic E-state index is 0.0145. The monoisotopic (exact) mass is 365 g/mol. The lowest BCUT2D eigenvalue weighted by atomic mass is 9.89. The molecule has 0 unspecified atom stereocenters. The minimum Gasteiger partial charge on any atom is -0.385 e. The van der Waals surface area contributed by atoms with Crippen LogP contribution in [0.5, 0.6) is 0 Å². The molecule has 1 saturated heterocycles. The maximum atomic E-state index is 11.0. The molecule has 0 spiro atoms. The molecule has 1 heterocycles. The number of carbonyl (C=O) groups excluding carboxylic acids is 1. The van der Waals surface area contributed by atoms with Gasteiger partial charge in [0.2, 0.25) is 5.91 Å². The number of amides is 1. The molecular formula is C23H31N3O. The van der Waals surface area contributed by atoms with Crippen molar-refractivity contribution in [2.75, 3.05) is 29.9 Å². The van der Waals surface area contributed by atoms with Gasteiger partial charge in [-0.25, -0.2) is 0 Å². The lowest BCUT2D eigenvalue weighted by Gasteiger charge is -2.34. The van der Waals surface area contributed by atoms with Crippen LogP contribution in [0, 0.1) is 0 Å². The van der Waals surface area contributed by atoms with Crippen LogP contribution in [0.25, 0.3) is 0 Å². The van der Waals surface area contributed by atoms with Crippen LogP contribution in [-0.4, -0.2) is 25.5 Å². The minimum absolute atomic E-state index is 0.0145. The highest BCUT2D eigenvalue weighted by molar-refractivity contribution is 5.72. The zero-order chi connectivity index (χ0) is 19.1. The van der Waals surface area contributed by atoms with E-state index >= 15 is 0 Å². The number of nitrogens with zero attached hydrogens (tertiary/aromatic N) is 1. The van der Waals surface area contributed by atoms with E-state index in [9.17, 15) is 4.79 Å². The van der Waals surface area contributed by atoms with Gasteiger partial charge in [-0.3, -0.25) is 4.79 Å². The summed E-state index contributed by atoms with van der Waals surface area (Å²) < 4.78 is 0. The van der Waals surface area contributed by atoms with Gasteiger partial charge in [0, 0.05) is 44.5 Å². The molecule has 0 radical (unpaired) electrons. The van der Waals surface area contributed by atoms with Gasteiger partial charge in [-0.2, -0.15) is 0 Å². The SMILES string of the molecule is CCCNc1ccc(N2CCC(c3ccc(CNC(C)=O)cc3)CC2)cc1. The van der Waals surface area contributed by atoms with Crippen LogP contribution in [0.4, 0.5) is 11.4 Å². The Hall–Kier alpha value is -2.49. The van der Waals surface area contributed by atoms with E-state index < -0.39 is 0 Å². The van der Waals surface area contributed by atoms with Gasteiger partial charge < -0.3 is 15.5 Å². The van der Waals surface area contributed by atoms with E-state index in [2.05, 4.69) is 71.0 Å². The molecule has 3 rings (SSSR count). The Bertz CT molecular complexity index is 716. The summed E-state index contributed by atoms with van der Waals surface area (Å²) in [5, 5.41) is 6.28. The van der Waals surface area contributed by atoms with Crippen molar-refractivity contribution in [2.45, 2.75) is 45.6 Å². The van der Waals surface area contributed by atoms with Gasteiger partial charge in [-0.1, -0.05) is 31.2 Å². The number of piperidine rings is 1. The Labute approximate surface area is 163 Å². The Balaban J connectivity index is 1.51. The van der Waals surface area contributed by atoms with Crippen molar-refractivity contribution in [2.24, 2.45) is 0 Å². The van der Waals surface area contributed by atoms with Gasteiger partial charge in [-0.15, -0.1) is 0 Å². The number of nitrogens with one attached hydrogen (secondary N) is 2. The standard InChI is InChI=1S/C23H31N3O/c1-3-14-24-22-8-10-23(11-9-22)26-15-12-21(13-16-26)20-6-4-19(5-7-20)17-25-18(2)27/h4-11,21,24H,3,12-17H2,1-2H3,(H,25,27). The van der Waals surface area contributed by atoms with E-state index in [1.165, 1.54) is 29.8 Å². The van der Waals surface area contributed by atoms with Crippen molar-refractivity contribution in [1.29, 1.82) is 0 Å². The third kappa shape index (κ3) is 5.49. The number of hydrogen-bond donors (Lipinski definition) is 2. The molecule has 0 atom stereocenters. The van der Waals surface area contributed by atoms with Crippen molar-refractivity contribution in [3.8, 4) is 0 Å². The number of anilines is 2. The van der Waals surface area contributed by atoms with Crippen LogP contribution >= 0.6 is 0 Å². The van der Waals surface area contributed by atoms with Crippen LogP contribution in [0.1, 0.15) is 50.2 Å². The number of rotatable bonds is 7. The van der Waals surface area contributed by atoms with E-state index in [4.69, 9.17) is 0 Å². The van der Waals surface area contributed by atoms with E-state index in [0.717, 1.165) is 31.6 Å². The molecule has 4 nitrogen and oxygen atoms in total. The van der Waals surface area contributed by atoms with Gasteiger partial charge in [0.1, 0.15) is 0 Å². The normalized spacial score (nSPS) is 14.8. The summed E-state index contributed by atoms with van der Waals surface area (Å²) in [6.45, 7) is 7.56. The summed E-state index contributed by atoms with van der Waals surface area (Å²) in [5.74, 6) is 0.641. The topological polar surface area (TPSA) is 44.4 Å². The fourth-order valence-electron chi connectivity index (χ4n) is 3.66. The van der Waals surface area contributed by atoms with Gasteiger partial charge in [0.25, 0.3) is 0 Å². The molecule has 2 aromatic rings. The van der Waals surface area contributed by atoms with Crippen molar-refractivity contribution >= 4 is 17.3 Å². The second kappa shape index (κ2) is 9.45. The van der Waals surface area contributed by atoms with Crippen LogP contribution in [0.2, 0.25) is 0 Å².